The maximum atomic E-state index is 3.89. The van der Waals surface area contributed by atoms with Gasteiger partial charge in [0.2, 0.25) is 0 Å². The van der Waals surface area contributed by atoms with Crippen LogP contribution in [0.5, 0.6) is 0 Å². The molecule has 1 aromatic heterocycles. The molecule has 2 aliphatic carbocycles. The summed E-state index contributed by atoms with van der Waals surface area (Å²) in [7, 11) is 0. The van der Waals surface area contributed by atoms with Crippen LogP contribution >= 0.6 is 0 Å². The fourth-order valence-corrected chi connectivity index (χ4v) is 7.19. The topological polar surface area (TPSA) is 17.0 Å². The molecule has 0 fully saturated rings. The molecule has 1 heterocycles. The van der Waals surface area contributed by atoms with Gasteiger partial charge in [-0.15, -0.1) is 0 Å². The largest absolute Gasteiger partial charge is 0.355 e. The van der Waals surface area contributed by atoms with Gasteiger partial charge in [-0.3, -0.25) is 0 Å². The maximum absolute atomic E-state index is 3.89. The second-order valence-electron chi connectivity index (χ2n) is 11.8. The molecule has 2 heteroatoms. The number of anilines is 1. The van der Waals surface area contributed by atoms with Crippen molar-refractivity contribution in [3.05, 3.63) is 150 Å². The van der Waals surface area contributed by atoms with E-state index in [1.54, 1.807) is 5.57 Å². The summed E-state index contributed by atoms with van der Waals surface area (Å²) in [5.41, 5.74) is 14.3. The first-order valence-electron chi connectivity index (χ1n) is 14.6. The molecule has 41 heavy (non-hydrogen) atoms. The first-order valence-corrected chi connectivity index (χ1v) is 14.6. The fraction of sp³-hybridized carbons (Fsp3) is 0.128. The molecule has 2 nitrogen and oxygen atoms in total. The number of nitrogens with one attached hydrogen (secondary N) is 1. The van der Waals surface area contributed by atoms with Crippen LogP contribution < -0.4 is 5.32 Å². The van der Waals surface area contributed by atoms with Crippen LogP contribution in [0.15, 0.2) is 139 Å². The minimum Gasteiger partial charge on any atom is -0.355 e. The van der Waals surface area contributed by atoms with Crippen molar-refractivity contribution in [1.29, 1.82) is 0 Å². The van der Waals surface area contributed by atoms with Gasteiger partial charge in [-0.05, 0) is 65.4 Å². The number of hydrogen-bond acceptors (Lipinski definition) is 1. The predicted octanol–water partition coefficient (Wildman–Crippen LogP) is 10.3. The first kappa shape index (κ1) is 24.0. The highest BCUT2D eigenvalue weighted by atomic mass is 15.0. The van der Waals surface area contributed by atoms with Crippen LogP contribution in [0.4, 0.5) is 5.69 Å². The van der Waals surface area contributed by atoms with Gasteiger partial charge in [-0.1, -0.05) is 111 Å². The summed E-state index contributed by atoms with van der Waals surface area (Å²) < 4.78 is 2.37. The zero-order valence-corrected chi connectivity index (χ0v) is 23.5. The average Bonchev–Trinajstić information content (AvgIpc) is 3.47. The number of para-hydroxylation sites is 3. The molecule has 5 aromatic carbocycles. The van der Waals surface area contributed by atoms with E-state index < -0.39 is 0 Å². The van der Waals surface area contributed by atoms with Crippen LogP contribution in [0.2, 0.25) is 0 Å². The van der Waals surface area contributed by atoms with Crippen molar-refractivity contribution >= 4 is 33.1 Å². The highest BCUT2D eigenvalue weighted by Crippen LogP contribution is 2.52. The summed E-state index contributed by atoms with van der Waals surface area (Å²) in [5.74, 6) is 0. The molecule has 0 amide bonds. The van der Waals surface area contributed by atoms with Crippen molar-refractivity contribution in [1.82, 2.24) is 4.57 Å². The van der Waals surface area contributed by atoms with E-state index in [1.165, 1.54) is 61.0 Å². The molecule has 0 unspecified atom stereocenters. The van der Waals surface area contributed by atoms with Gasteiger partial charge < -0.3 is 9.88 Å². The number of hydrogen-bond donors (Lipinski definition) is 1. The van der Waals surface area contributed by atoms with E-state index in [0.29, 0.717) is 0 Å². The summed E-state index contributed by atoms with van der Waals surface area (Å²) in [6.07, 6.45) is 4.57. The lowest BCUT2D eigenvalue weighted by Crippen LogP contribution is -2.18. The van der Waals surface area contributed by atoms with Crippen LogP contribution in [0, 0.1) is 0 Å². The first-order chi connectivity index (χ1) is 20.1. The van der Waals surface area contributed by atoms with E-state index in [-0.39, 0.29) is 5.41 Å². The second-order valence-corrected chi connectivity index (χ2v) is 11.8. The van der Waals surface area contributed by atoms with Gasteiger partial charge in [-0.2, -0.15) is 0 Å². The van der Waals surface area contributed by atoms with Crippen LogP contribution in [-0.4, -0.2) is 4.57 Å². The third kappa shape index (κ3) is 3.64. The van der Waals surface area contributed by atoms with Gasteiger partial charge in [-0.25, -0.2) is 0 Å². The highest BCUT2D eigenvalue weighted by molar-refractivity contribution is 6.09. The Labute approximate surface area is 241 Å². The standard InChI is InChI=1S/C39H32N2/c1-39(2)32-16-7-3-15-31(32)38-33(39)17-11-19-35(38)40-34-18-8-4-12-28(34)26-22-24-27(25-23-26)41-36-20-9-5-13-29(36)30-14-6-10-21-37(30)41/h3-10,12-16,18-25,40H,11,17H2,1-2H3. The molecule has 2 aliphatic rings. The van der Waals surface area contributed by atoms with Gasteiger partial charge in [0, 0.05) is 44.4 Å². The number of rotatable bonds is 4. The highest BCUT2D eigenvalue weighted by Gasteiger charge is 2.39. The molecule has 6 aromatic rings. The van der Waals surface area contributed by atoms with Crippen LogP contribution in [-0.2, 0) is 5.41 Å². The molecule has 1 N–H and O–H groups in total. The van der Waals surface area contributed by atoms with E-state index in [2.05, 4.69) is 151 Å². The molecule has 0 atom stereocenters. The van der Waals surface area contributed by atoms with Crippen LogP contribution in [0.3, 0.4) is 0 Å². The van der Waals surface area contributed by atoms with Gasteiger partial charge in [0.1, 0.15) is 0 Å². The normalized spacial score (nSPS) is 15.6. The van der Waals surface area contributed by atoms with Crippen molar-refractivity contribution < 1.29 is 0 Å². The number of aromatic nitrogens is 1. The van der Waals surface area contributed by atoms with Crippen molar-refractivity contribution in [2.24, 2.45) is 0 Å². The zero-order valence-electron chi connectivity index (χ0n) is 23.5. The number of benzene rings is 5. The van der Waals surface area contributed by atoms with E-state index >= 15 is 0 Å². The molecule has 8 rings (SSSR count). The molecule has 198 valence electrons. The Morgan fingerprint density at radius 3 is 1.98 bits per heavy atom. The molecule has 0 bridgehead atoms. The number of nitrogens with zero attached hydrogens (tertiary/aromatic N) is 1. The van der Waals surface area contributed by atoms with Crippen molar-refractivity contribution in [2.45, 2.75) is 32.1 Å². The molecule has 0 aliphatic heterocycles. The van der Waals surface area contributed by atoms with Gasteiger partial charge in [0.05, 0.1) is 11.0 Å². The Morgan fingerprint density at radius 2 is 1.24 bits per heavy atom. The number of fused-ring (bicyclic) bond motifs is 5. The fourth-order valence-electron chi connectivity index (χ4n) is 7.19. The molecular formula is C39H32N2. The number of allylic oxidation sites excluding steroid dienone is 3. The monoisotopic (exact) mass is 528 g/mol. The summed E-state index contributed by atoms with van der Waals surface area (Å²) in [5, 5.41) is 6.46. The van der Waals surface area contributed by atoms with E-state index in [9.17, 15) is 0 Å². The third-order valence-corrected chi connectivity index (χ3v) is 9.15. The average molecular weight is 529 g/mol. The minimum atomic E-state index is 0.0648. The van der Waals surface area contributed by atoms with Crippen molar-refractivity contribution in [3.8, 4) is 16.8 Å². The lowest BCUT2D eigenvalue weighted by Gasteiger charge is -2.27. The Bertz CT molecular complexity index is 1980. The Kier molecular flexibility index (Phi) is 5.33. The van der Waals surface area contributed by atoms with E-state index in [0.717, 1.165) is 18.5 Å². The Morgan fingerprint density at radius 1 is 0.634 bits per heavy atom. The molecule has 0 saturated heterocycles. The van der Waals surface area contributed by atoms with Gasteiger partial charge in [0.15, 0.2) is 0 Å². The molecule has 0 radical (unpaired) electrons. The summed E-state index contributed by atoms with van der Waals surface area (Å²) in [6, 6.07) is 44.0. The predicted molar refractivity (Wildman–Crippen MR) is 174 cm³/mol. The molecule has 0 spiro atoms. The quantitative estimate of drug-likeness (QED) is 0.241. The van der Waals surface area contributed by atoms with Gasteiger partial charge in [0.25, 0.3) is 0 Å². The van der Waals surface area contributed by atoms with Gasteiger partial charge >= 0.3 is 0 Å². The molecular weight excluding hydrogens is 496 g/mol. The van der Waals surface area contributed by atoms with Crippen molar-refractivity contribution in [3.63, 3.8) is 0 Å². The molecule has 0 saturated carbocycles. The SMILES string of the molecule is CC1(C)C2=C(C(Nc3ccccc3-c3ccc(-n4c5ccccc5c5ccccc54)cc3)=CCC2)c2ccccc21. The van der Waals surface area contributed by atoms with Crippen LogP contribution in [0.25, 0.3) is 44.2 Å². The van der Waals surface area contributed by atoms with Crippen molar-refractivity contribution in [2.75, 3.05) is 5.32 Å². The second kappa shape index (κ2) is 9.11. The van der Waals surface area contributed by atoms with E-state index in [1.807, 2.05) is 0 Å². The van der Waals surface area contributed by atoms with E-state index in [4.69, 9.17) is 0 Å². The maximum Gasteiger partial charge on any atom is 0.0541 e. The summed E-state index contributed by atoms with van der Waals surface area (Å²) >= 11 is 0. The zero-order chi connectivity index (χ0) is 27.6. The lowest BCUT2D eigenvalue weighted by molar-refractivity contribution is 0.606. The lowest BCUT2D eigenvalue weighted by atomic mass is 9.78. The Balaban J connectivity index is 1.18. The van der Waals surface area contributed by atoms with Crippen LogP contribution in [0.1, 0.15) is 37.8 Å². The Hall–Kier alpha value is -4.82. The third-order valence-electron chi connectivity index (χ3n) is 9.15. The summed E-state index contributed by atoms with van der Waals surface area (Å²) in [6.45, 7) is 4.76. The minimum absolute atomic E-state index is 0.0648. The smallest absolute Gasteiger partial charge is 0.0541 e. The summed E-state index contributed by atoms with van der Waals surface area (Å²) in [4.78, 5) is 0.